The first-order chi connectivity index (χ1) is 21.3. The van der Waals surface area contributed by atoms with E-state index in [1.807, 2.05) is 6.07 Å². The Morgan fingerprint density at radius 3 is 1.79 bits per heavy atom. The standard InChI is InChI=1S/C42H26O/c1-2-13-28(14-3-1)40-33-18-6-7-19-34(33)41(37-22-11-21-36-32-17-8-9-23-39(32)43-42(36)37)38-26-29(24-25-35(38)40)31-20-10-15-27-12-4-5-16-30(27)31/h1-26H. The minimum Gasteiger partial charge on any atom is -0.455 e. The molecule has 9 rings (SSSR count). The van der Waals surface area contributed by atoms with E-state index in [1.54, 1.807) is 0 Å². The molecule has 0 N–H and O–H groups in total. The molecule has 0 spiro atoms. The minimum atomic E-state index is 0.913. The topological polar surface area (TPSA) is 13.1 Å². The highest BCUT2D eigenvalue weighted by Crippen LogP contribution is 2.47. The highest BCUT2D eigenvalue weighted by Gasteiger charge is 2.21. The molecule has 1 aromatic heterocycles. The molecule has 0 aliphatic heterocycles. The second kappa shape index (κ2) is 9.44. The molecule has 0 bridgehead atoms. The Hall–Kier alpha value is -5.66. The lowest BCUT2D eigenvalue weighted by atomic mass is 9.84. The molecule has 0 aliphatic carbocycles. The van der Waals surface area contributed by atoms with E-state index in [4.69, 9.17) is 4.42 Å². The lowest BCUT2D eigenvalue weighted by molar-refractivity contribution is 0.670. The first-order valence-corrected chi connectivity index (χ1v) is 14.8. The van der Waals surface area contributed by atoms with Crippen molar-refractivity contribution in [3.05, 3.63) is 158 Å². The number of furan rings is 1. The number of hydrogen-bond donors (Lipinski definition) is 0. The van der Waals surface area contributed by atoms with Gasteiger partial charge in [-0.3, -0.25) is 0 Å². The molecule has 0 radical (unpaired) electrons. The van der Waals surface area contributed by atoms with Gasteiger partial charge in [0, 0.05) is 21.9 Å². The lowest BCUT2D eigenvalue weighted by Gasteiger charge is -2.19. The van der Waals surface area contributed by atoms with Gasteiger partial charge < -0.3 is 4.42 Å². The van der Waals surface area contributed by atoms with Gasteiger partial charge in [0.1, 0.15) is 11.2 Å². The van der Waals surface area contributed by atoms with Gasteiger partial charge >= 0.3 is 0 Å². The fraction of sp³-hybridized carbons (Fsp3) is 0. The maximum Gasteiger partial charge on any atom is 0.143 e. The molecule has 0 atom stereocenters. The normalized spacial score (nSPS) is 11.7. The van der Waals surface area contributed by atoms with E-state index in [9.17, 15) is 0 Å². The van der Waals surface area contributed by atoms with Gasteiger partial charge in [0.15, 0.2) is 0 Å². The first-order valence-electron chi connectivity index (χ1n) is 14.8. The summed E-state index contributed by atoms with van der Waals surface area (Å²) in [6.45, 7) is 0. The number of fused-ring (bicyclic) bond motifs is 6. The molecule has 9 aromatic rings. The summed E-state index contributed by atoms with van der Waals surface area (Å²) < 4.78 is 6.62. The average Bonchev–Trinajstić information content (AvgIpc) is 3.46. The predicted octanol–water partition coefficient (Wildman–Crippen LogP) is 12.0. The van der Waals surface area contributed by atoms with Crippen LogP contribution in [0.3, 0.4) is 0 Å². The van der Waals surface area contributed by atoms with Gasteiger partial charge in [0.25, 0.3) is 0 Å². The molecule has 0 amide bonds. The van der Waals surface area contributed by atoms with Crippen molar-refractivity contribution < 1.29 is 4.42 Å². The van der Waals surface area contributed by atoms with Crippen molar-refractivity contribution in [2.24, 2.45) is 0 Å². The average molecular weight is 547 g/mol. The maximum absolute atomic E-state index is 6.62. The fourth-order valence-corrected chi connectivity index (χ4v) is 6.97. The molecule has 1 heteroatoms. The van der Waals surface area contributed by atoms with Crippen LogP contribution in [0.5, 0.6) is 0 Å². The summed E-state index contributed by atoms with van der Waals surface area (Å²) in [5, 5.41) is 9.70. The van der Waals surface area contributed by atoms with Gasteiger partial charge in [-0.15, -0.1) is 0 Å². The summed E-state index contributed by atoms with van der Waals surface area (Å²) in [5.41, 5.74) is 9.08. The Labute approximate surface area is 249 Å². The van der Waals surface area contributed by atoms with Crippen molar-refractivity contribution in [2.45, 2.75) is 0 Å². The minimum absolute atomic E-state index is 0.913. The summed E-state index contributed by atoms with van der Waals surface area (Å²) in [7, 11) is 0. The third-order valence-corrected chi connectivity index (χ3v) is 8.86. The van der Waals surface area contributed by atoms with Crippen LogP contribution >= 0.6 is 0 Å². The van der Waals surface area contributed by atoms with E-state index in [0.29, 0.717) is 0 Å². The van der Waals surface area contributed by atoms with Gasteiger partial charge in [-0.2, -0.15) is 0 Å². The second-order valence-corrected chi connectivity index (χ2v) is 11.2. The molecule has 1 nitrogen and oxygen atoms in total. The fourth-order valence-electron chi connectivity index (χ4n) is 6.97. The molecule has 0 saturated carbocycles. The van der Waals surface area contributed by atoms with Crippen molar-refractivity contribution in [3.63, 3.8) is 0 Å². The van der Waals surface area contributed by atoms with Gasteiger partial charge in [0.2, 0.25) is 0 Å². The molecule has 43 heavy (non-hydrogen) atoms. The van der Waals surface area contributed by atoms with E-state index >= 15 is 0 Å². The molecule has 0 aliphatic rings. The Bertz CT molecular complexity index is 2490. The Balaban J connectivity index is 1.46. The van der Waals surface area contributed by atoms with E-state index < -0.39 is 0 Å². The van der Waals surface area contributed by atoms with Crippen molar-refractivity contribution >= 4 is 54.3 Å². The smallest absolute Gasteiger partial charge is 0.143 e. The van der Waals surface area contributed by atoms with Crippen LogP contribution in [0.15, 0.2) is 162 Å². The highest BCUT2D eigenvalue weighted by atomic mass is 16.3. The van der Waals surface area contributed by atoms with E-state index in [-0.39, 0.29) is 0 Å². The quantitative estimate of drug-likeness (QED) is 0.201. The largest absolute Gasteiger partial charge is 0.455 e. The zero-order chi connectivity index (χ0) is 28.3. The number of benzene rings is 8. The molecular weight excluding hydrogens is 520 g/mol. The lowest BCUT2D eigenvalue weighted by Crippen LogP contribution is -1.92. The number of hydrogen-bond acceptors (Lipinski definition) is 1. The summed E-state index contributed by atoms with van der Waals surface area (Å²) in [6.07, 6.45) is 0. The monoisotopic (exact) mass is 546 g/mol. The van der Waals surface area contributed by atoms with Gasteiger partial charge in [0.05, 0.1) is 0 Å². The highest BCUT2D eigenvalue weighted by molar-refractivity contribution is 6.24. The van der Waals surface area contributed by atoms with Crippen LogP contribution in [-0.4, -0.2) is 0 Å². The SMILES string of the molecule is c1ccc(-c2c3ccccc3c(-c3cccc4c3oc3ccccc34)c3cc(-c4cccc5ccccc45)ccc23)cc1. The van der Waals surface area contributed by atoms with Crippen molar-refractivity contribution in [1.82, 2.24) is 0 Å². The van der Waals surface area contributed by atoms with Crippen LogP contribution in [0.25, 0.3) is 87.6 Å². The summed E-state index contributed by atoms with van der Waals surface area (Å²) in [5.74, 6) is 0. The van der Waals surface area contributed by atoms with Crippen LogP contribution in [0.1, 0.15) is 0 Å². The second-order valence-electron chi connectivity index (χ2n) is 11.2. The molecular formula is C42H26O. The number of rotatable bonds is 3. The predicted molar refractivity (Wildman–Crippen MR) is 183 cm³/mol. The Morgan fingerprint density at radius 2 is 0.930 bits per heavy atom. The summed E-state index contributed by atoms with van der Waals surface area (Å²) in [4.78, 5) is 0. The van der Waals surface area contributed by atoms with Crippen LogP contribution in [0.4, 0.5) is 0 Å². The van der Waals surface area contributed by atoms with Gasteiger partial charge in [-0.1, -0.05) is 146 Å². The van der Waals surface area contributed by atoms with Crippen LogP contribution in [0.2, 0.25) is 0 Å². The molecule has 0 fully saturated rings. The van der Waals surface area contributed by atoms with E-state index in [2.05, 4.69) is 152 Å². The van der Waals surface area contributed by atoms with Crippen LogP contribution in [-0.2, 0) is 0 Å². The molecule has 1 heterocycles. The summed E-state index contributed by atoms with van der Waals surface area (Å²) >= 11 is 0. The third-order valence-electron chi connectivity index (χ3n) is 8.86. The maximum atomic E-state index is 6.62. The van der Waals surface area contributed by atoms with E-state index in [1.165, 1.54) is 60.1 Å². The van der Waals surface area contributed by atoms with Crippen molar-refractivity contribution in [2.75, 3.05) is 0 Å². The summed E-state index contributed by atoms with van der Waals surface area (Å²) in [6, 6.07) is 56.8. The van der Waals surface area contributed by atoms with E-state index in [0.717, 1.165) is 27.5 Å². The zero-order valence-electron chi connectivity index (χ0n) is 23.4. The first kappa shape index (κ1) is 24.0. The van der Waals surface area contributed by atoms with Crippen LogP contribution in [0, 0.1) is 0 Å². The number of para-hydroxylation sites is 2. The zero-order valence-corrected chi connectivity index (χ0v) is 23.4. The van der Waals surface area contributed by atoms with Crippen molar-refractivity contribution in [1.29, 1.82) is 0 Å². The van der Waals surface area contributed by atoms with Crippen molar-refractivity contribution in [3.8, 4) is 33.4 Å². The Morgan fingerprint density at radius 1 is 0.326 bits per heavy atom. The molecule has 200 valence electrons. The molecule has 0 unspecified atom stereocenters. The third kappa shape index (κ3) is 3.65. The van der Waals surface area contributed by atoms with Crippen LogP contribution < -0.4 is 0 Å². The molecule has 8 aromatic carbocycles. The Kier molecular flexibility index (Phi) is 5.27. The molecule has 0 saturated heterocycles. The van der Waals surface area contributed by atoms with Gasteiger partial charge in [-0.05, 0) is 66.7 Å². The van der Waals surface area contributed by atoms with Gasteiger partial charge in [-0.25, -0.2) is 0 Å².